The Bertz CT molecular complexity index is 1480. The number of aromatic nitrogens is 3. The highest BCUT2D eigenvalue weighted by Gasteiger charge is 2.39. The van der Waals surface area contributed by atoms with E-state index >= 15 is 0 Å². The number of fused-ring (bicyclic) bond motifs is 1. The number of carbonyl (C=O) groups is 2. The second-order valence-corrected chi connectivity index (χ2v) is 12.0. The van der Waals surface area contributed by atoms with E-state index in [9.17, 15) is 9.59 Å². The zero-order valence-electron chi connectivity index (χ0n) is 21.9. The third-order valence-electron chi connectivity index (χ3n) is 8.30. The van der Waals surface area contributed by atoms with E-state index in [-0.39, 0.29) is 18.4 Å². The van der Waals surface area contributed by atoms with Crippen molar-refractivity contribution in [2.24, 2.45) is 5.41 Å². The van der Waals surface area contributed by atoms with Crippen molar-refractivity contribution in [1.82, 2.24) is 24.8 Å². The molecule has 0 aliphatic carbocycles. The molecule has 1 N–H and O–H groups in total. The molecular formula is C29H31ClN6O2S. The van der Waals surface area contributed by atoms with Crippen LogP contribution in [0.5, 0.6) is 0 Å². The van der Waals surface area contributed by atoms with Crippen LogP contribution < -0.4 is 4.90 Å². The highest BCUT2D eigenvalue weighted by Crippen LogP contribution is 2.42. The number of amides is 2. The summed E-state index contributed by atoms with van der Waals surface area (Å²) in [7, 11) is 1.72. The molecule has 1 aromatic carbocycles. The maximum atomic E-state index is 13.6. The van der Waals surface area contributed by atoms with Gasteiger partial charge in [-0.25, -0.2) is 4.98 Å². The minimum absolute atomic E-state index is 0.0255. The van der Waals surface area contributed by atoms with Crippen molar-refractivity contribution >= 4 is 51.5 Å². The number of likely N-dealkylation sites (tertiary alicyclic amines) is 1. The van der Waals surface area contributed by atoms with Gasteiger partial charge >= 0.3 is 0 Å². The van der Waals surface area contributed by atoms with E-state index in [1.807, 2.05) is 35.5 Å². The van der Waals surface area contributed by atoms with Crippen molar-refractivity contribution in [3.05, 3.63) is 75.5 Å². The van der Waals surface area contributed by atoms with Gasteiger partial charge in [0.15, 0.2) is 0 Å². The number of nitrogens with one attached hydrogen (secondary N) is 1. The van der Waals surface area contributed by atoms with E-state index in [0.717, 1.165) is 57.4 Å². The predicted molar refractivity (Wildman–Crippen MR) is 154 cm³/mol. The molecule has 3 aromatic heterocycles. The van der Waals surface area contributed by atoms with Crippen molar-refractivity contribution < 1.29 is 9.59 Å². The summed E-state index contributed by atoms with van der Waals surface area (Å²) >= 11 is 7.47. The molecule has 6 rings (SSSR count). The first-order valence-electron chi connectivity index (χ1n) is 13.3. The molecule has 4 aromatic rings. The number of hydrogen-bond donors (Lipinski definition) is 1. The first kappa shape index (κ1) is 25.8. The minimum atomic E-state index is -0.152. The molecular weight excluding hydrogens is 532 g/mol. The molecule has 1 spiro atoms. The summed E-state index contributed by atoms with van der Waals surface area (Å²) in [5, 5.41) is 2.26. The topological polar surface area (TPSA) is 85.4 Å². The zero-order chi connectivity index (χ0) is 27.0. The lowest BCUT2D eigenvalue weighted by Crippen LogP contribution is -2.48. The lowest BCUT2D eigenvalue weighted by molar-refractivity contribution is 0.0516. The third-order valence-corrected chi connectivity index (χ3v) is 9.63. The van der Waals surface area contributed by atoms with E-state index in [4.69, 9.17) is 16.6 Å². The van der Waals surface area contributed by atoms with Gasteiger partial charge in [-0.05, 0) is 66.8 Å². The second-order valence-electron chi connectivity index (χ2n) is 10.6. The monoisotopic (exact) mass is 562 g/mol. The molecule has 39 heavy (non-hydrogen) atoms. The fourth-order valence-electron chi connectivity index (χ4n) is 5.90. The molecule has 0 unspecified atom stereocenters. The number of halogens is 1. The Morgan fingerprint density at radius 3 is 2.46 bits per heavy atom. The van der Waals surface area contributed by atoms with Crippen molar-refractivity contribution in [2.45, 2.75) is 32.2 Å². The number of anilines is 1. The van der Waals surface area contributed by atoms with Crippen LogP contribution in [0.25, 0.3) is 11.0 Å². The van der Waals surface area contributed by atoms with Crippen molar-refractivity contribution in [1.29, 1.82) is 0 Å². The number of carbonyl (C=O) groups excluding carboxylic acids is 2. The maximum Gasteiger partial charge on any atom is 0.265 e. The summed E-state index contributed by atoms with van der Waals surface area (Å²) in [5.41, 5.74) is 3.61. The Kier molecular flexibility index (Phi) is 7.03. The van der Waals surface area contributed by atoms with Crippen molar-refractivity contribution in [3.8, 4) is 0 Å². The van der Waals surface area contributed by atoms with Crippen LogP contribution in [0.3, 0.4) is 0 Å². The van der Waals surface area contributed by atoms with Crippen LogP contribution in [-0.4, -0.2) is 69.8 Å². The molecule has 0 atom stereocenters. The minimum Gasteiger partial charge on any atom is -0.371 e. The van der Waals surface area contributed by atoms with E-state index in [0.29, 0.717) is 32.2 Å². The lowest BCUT2D eigenvalue weighted by Gasteiger charge is -2.47. The smallest absolute Gasteiger partial charge is 0.265 e. The Hall–Kier alpha value is -3.43. The third kappa shape index (κ3) is 5.13. The Morgan fingerprint density at radius 1 is 1.05 bits per heavy atom. The number of piperidine rings is 2. The summed E-state index contributed by atoms with van der Waals surface area (Å²) < 4.78 is 0. The number of benzene rings is 1. The number of pyridine rings is 1. The fourth-order valence-corrected chi connectivity index (χ4v) is 7.03. The highest BCUT2D eigenvalue weighted by atomic mass is 35.5. The summed E-state index contributed by atoms with van der Waals surface area (Å²) in [6, 6.07) is 11.5. The molecule has 10 heteroatoms. The molecule has 8 nitrogen and oxygen atoms in total. The molecule has 2 aliphatic rings. The number of thiophene rings is 1. The number of nitrogens with zero attached hydrogens (tertiary/aromatic N) is 5. The number of hydrogen-bond acceptors (Lipinski definition) is 6. The average molecular weight is 563 g/mol. The fraction of sp³-hybridized carbons (Fsp3) is 0.379. The van der Waals surface area contributed by atoms with Crippen LogP contribution in [-0.2, 0) is 6.54 Å². The number of imidazole rings is 1. The molecule has 2 aliphatic heterocycles. The van der Waals surface area contributed by atoms with Crippen LogP contribution in [0, 0.1) is 5.41 Å². The normalized spacial score (nSPS) is 17.1. The Morgan fingerprint density at radius 2 is 1.77 bits per heavy atom. The van der Waals surface area contributed by atoms with Gasteiger partial charge in [-0.15, -0.1) is 11.3 Å². The maximum absolute atomic E-state index is 13.6. The zero-order valence-corrected chi connectivity index (χ0v) is 23.5. The lowest BCUT2D eigenvalue weighted by atomic mass is 9.71. The summed E-state index contributed by atoms with van der Waals surface area (Å²) in [6.07, 6.45) is 8.07. The highest BCUT2D eigenvalue weighted by molar-refractivity contribution is 7.12. The first-order chi connectivity index (χ1) is 18.9. The standard InChI is InChI=1S/C29H31ClN6O2S/c1-34(28(38)26-22(30)7-18-39-26)19-24-32-23-4-2-3-21(25(23)33-24)27(37)36-16-10-29(11-17-36)8-14-35(15-9-29)20-5-12-31-13-6-20/h2-7,12-13,18H,8-11,14-17,19H2,1H3,(H,32,33). The molecule has 5 heterocycles. The van der Waals surface area contributed by atoms with Crippen LogP contribution in [0.4, 0.5) is 5.69 Å². The van der Waals surface area contributed by atoms with Gasteiger partial charge in [-0.1, -0.05) is 17.7 Å². The summed E-state index contributed by atoms with van der Waals surface area (Å²) in [4.78, 5) is 45.1. The van der Waals surface area contributed by atoms with E-state index in [2.05, 4.69) is 27.0 Å². The molecule has 2 amide bonds. The van der Waals surface area contributed by atoms with Gasteiger partial charge in [0.2, 0.25) is 0 Å². The molecule has 202 valence electrons. The number of H-pyrrole nitrogens is 1. The molecule has 0 bridgehead atoms. The Labute approximate surface area is 236 Å². The Balaban J connectivity index is 1.10. The number of para-hydroxylation sites is 1. The van der Waals surface area contributed by atoms with Crippen LogP contribution in [0.1, 0.15) is 51.5 Å². The summed E-state index contributed by atoms with van der Waals surface area (Å²) in [5.74, 6) is 0.505. The molecule has 0 saturated carbocycles. The largest absolute Gasteiger partial charge is 0.371 e. The van der Waals surface area contributed by atoms with Gasteiger partial charge in [-0.3, -0.25) is 14.6 Å². The van der Waals surface area contributed by atoms with Gasteiger partial charge in [0.05, 0.1) is 22.6 Å². The van der Waals surface area contributed by atoms with Crippen molar-refractivity contribution in [2.75, 3.05) is 38.1 Å². The van der Waals surface area contributed by atoms with Crippen molar-refractivity contribution in [3.63, 3.8) is 0 Å². The van der Waals surface area contributed by atoms with Gasteiger partial charge in [0.1, 0.15) is 16.2 Å². The van der Waals surface area contributed by atoms with Gasteiger partial charge in [-0.2, -0.15) is 0 Å². The predicted octanol–water partition coefficient (Wildman–Crippen LogP) is 5.47. The van der Waals surface area contributed by atoms with Gasteiger partial charge in [0.25, 0.3) is 11.8 Å². The number of aromatic amines is 1. The van der Waals surface area contributed by atoms with E-state index in [1.54, 1.807) is 23.4 Å². The number of rotatable bonds is 5. The SMILES string of the molecule is CN(Cc1nc2c(C(=O)N3CCC4(CC3)CCN(c3ccncc3)CC4)cccc2[nH]1)C(=O)c1sccc1Cl. The van der Waals surface area contributed by atoms with Crippen LogP contribution in [0.15, 0.2) is 54.2 Å². The molecule has 2 saturated heterocycles. The van der Waals surface area contributed by atoms with Gasteiger partial charge < -0.3 is 19.7 Å². The molecule has 0 radical (unpaired) electrons. The van der Waals surface area contributed by atoms with Crippen LogP contribution in [0.2, 0.25) is 5.02 Å². The second kappa shape index (κ2) is 10.6. The average Bonchev–Trinajstić information content (AvgIpc) is 3.59. The summed E-state index contributed by atoms with van der Waals surface area (Å²) in [6.45, 7) is 3.91. The quantitative estimate of drug-likeness (QED) is 0.349. The van der Waals surface area contributed by atoms with Gasteiger partial charge in [0, 0.05) is 51.3 Å². The first-order valence-corrected chi connectivity index (χ1v) is 14.6. The molecule has 2 fully saturated rings. The van der Waals surface area contributed by atoms with E-state index < -0.39 is 0 Å². The van der Waals surface area contributed by atoms with Crippen LogP contribution >= 0.6 is 22.9 Å². The van der Waals surface area contributed by atoms with E-state index in [1.165, 1.54) is 17.0 Å².